The van der Waals surface area contributed by atoms with Gasteiger partial charge < -0.3 is 10.2 Å². The van der Waals surface area contributed by atoms with E-state index in [1.807, 2.05) is 42.5 Å². The molecule has 0 aliphatic carbocycles. The van der Waals surface area contributed by atoms with Gasteiger partial charge in [-0.2, -0.15) is 0 Å². The maximum Gasteiger partial charge on any atom is 0.271 e. The molecule has 1 aliphatic heterocycles. The monoisotopic (exact) mass is 375 g/mol. The van der Waals surface area contributed by atoms with Crippen molar-refractivity contribution >= 4 is 39.6 Å². The van der Waals surface area contributed by atoms with Gasteiger partial charge in [0.15, 0.2) is 0 Å². The first-order valence-electron chi connectivity index (χ1n) is 8.86. The molecule has 7 nitrogen and oxygen atoms in total. The van der Waals surface area contributed by atoms with Crippen molar-refractivity contribution in [1.29, 1.82) is 0 Å². The second-order valence-electron chi connectivity index (χ2n) is 6.70. The van der Waals surface area contributed by atoms with Crippen LogP contribution in [0.15, 0.2) is 66.7 Å². The van der Waals surface area contributed by atoms with Crippen LogP contribution in [0.4, 0.5) is 17.1 Å². The number of anilines is 2. The minimum atomic E-state index is -0.522. The second-order valence-corrected chi connectivity index (χ2v) is 6.70. The highest BCUT2D eigenvalue weighted by Crippen LogP contribution is 2.32. The first-order valence-corrected chi connectivity index (χ1v) is 8.86. The van der Waals surface area contributed by atoms with Crippen LogP contribution in [0, 0.1) is 16.0 Å². The predicted octanol–water partition coefficient (Wildman–Crippen LogP) is 3.74. The molecule has 1 N–H and O–H groups in total. The number of nitrogens with one attached hydrogen (secondary N) is 1. The number of nitro groups is 1. The molecule has 140 valence electrons. The highest BCUT2D eigenvalue weighted by atomic mass is 16.6. The van der Waals surface area contributed by atoms with Gasteiger partial charge in [-0.1, -0.05) is 42.5 Å². The van der Waals surface area contributed by atoms with Crippen LogP contribution in [0.3, 0.4) is 0 Å². The van der Waals surface area contributed by atoms with E-state index in [4.69, 9.17) is 0 Å². The van der Waals surface area contributed by atoms with Crippen molar-refractivity contribution in [3.8, 4) is 0 Å². The maximum absolute atomic E-state index is 12.6. The fraction of sp³-hybridized carbons (Fsp3) is 0.143. The molecule has 7 heteroatoms. The topological polar surface area (TPSA) is 92.5 Å². The SMILES string of the molecule is O=C(Nc1cccc([N+](=O)[O-])c1)[C@@H]1CC(=O)N(c2cccc3ccccc23)C1. The molecule has 4 rings (SSSR count). The number of carbonyl (C=O) groups is 2. The van der Waals surface area contributed by atoms with Crippen molar-refractivity contribution in [3.05, 3.63) is 76.8 Å². The molecule has 3 aromatic rings. The van der Waals surface area contributed by atoms with E-state index >= 15 is 0 Å². The Labute approximate surface area is 160 Å². The lowest BCUT2D eigenvalue weighted by Gasteiger charge is -2.19. The number of rotatable bonds is 4. The molecule has 0 bridgehead atoms. The lowest BCUT2D eigenvalue weighted by Crippen LogP contribution is -2.28. The number of nitrogens with zero attached hydrogens (tertiary/aromatic N) is 2. The molecule has 1 heterocycles. The molecule has 0 saturated carbocycles. The summed E-state index contributed by atoms with van der Waals surface area (Å²) in [6.07, 6.45) is 0.101. The predicted molar refractivity (Wildman–Crippen MR) is 106 cm³/mol. The third-order valence-corrected chi connectivity index (χ3v) is 4.88. The highest BCUT2D eigenvalue weighted by molar-refractivity contribution is 6.08. The number of nitro benzene ring substituents is 1. The number of hydrogen-bond acceptors (Lipinski definition) is 4. The number of hydrogen-bond donors (Lipinski definition) is 1. The van der Waals surface area contributed by atoms with Crippen LogP contribution in [0.25, 0.3) is 10.8 Å². The van der Waals surface area contributed by atoms with Crippen molar-refractivity contribution in [2.45, 2.75) is 6.42 Å². The summed E-state index contributed by atoms with van der Waals surface area (Å²) < 4.78 is 0. The average molecular weight is 375 g/mol. The normalized spacial score (nSPS) is 16.4. The number of carbonyl (C=O) groups excluding carboxylic acids is 2. The highest BCUT2D eigenvalue weighted by Gasteiger charge is 2.35. The molecule has 2 amide bonds. The Bertz CT molecular complexity index is 1090. The van der Waals surface area contributed by atoms with E-state index in [1.165, 1.54) is 18.2 Å². The van der Waals surface area contributed by atoms with Gasteiger partial charge in [0.2, 0.25) is 11.8 Å². The van der Waals surface area contributed by atoms with E-state index in [-0.39, 0.29) is 30.5 Å². The van der Waals surface area contributed by atoms with Gasteiger partial charge >= 0.3 is 0 Å². The summed E-state index contributed by atoms with van der Waals surface area (Å²) in [5, 5.41) is 15.6. The smallest absolute Gasteiger partial charge is 0.271 e. The summed E-state index contributed by atoms with van der Waals surface area (Å²) in [6.45, 7) is 0.271. The largest absolute Gasteiger partial charge is 0.326 e. The molecular formula is C21H17N3O4. The zero-order valence-corrected chi connectivity index (χ0v) is 14.9. The van der Waals surface area contributed by atoms with E-state index in [9.17, 15) is 19.7 Å². The third-order valence-electron chi connectivity index (χ3n) is 4.88. The number of non-ortho nitro benzene ring substituents is 1. The van der Waals surface area contributed by atoms with Gasteiger partial charge in [-0.15, -0.1) is 0 Å². The molecule has 1 saturated heterocycles. The number of fused-ring (bicyclic) bond motifs is 1. The number of amides is 2. The van der Waals surface area contributed by atoms with E-state index in [2.05, 4.69) is 5.32 Å². The summed E-state index contributed by atoms with van der Waals surface area (Å²) >= 11 is 0. The van der Waals surface area contributed by atoms with Crippen molar-refractivity contribution in [2.75, 3.05) is 16.8 Å². The fourth-order valence-electron chi connectivity index (χ4n) is 3.50. The van der Waals surface area contributed by atoms with Gasteiger partial charge in [-0.05, 0) is 17.5 Å². The molecule has 1 fully saturated rings. The van der Waals surface area contributed by atoms with Crippen LogP contribution in [-0.4, -0.2) is 23.3 Å². The quantitative estimate of drug-likeness (QED) is 0.555. The van der Waals surface area contributed by atoms with Gasteiger partial charge in [0.1, 0.15) is 0 Å². The summed E-state index contributed by atoms with van der Waals surface area (Å²) in [5.41, 5.74) is 1.03. The zero-order valence-electron chi connectivity index (χ0n) is 14.9. The summed E-state index contributed by atoms with van der Waals surface area (Å²) in [5.74, 6) is -0.960. The Morgan fingerprint density at radius 3 is 2.64 bits per heavy atom. The van der Waals surface area contributed by atoms with E-state index in [0.29, 0.717) is 5.69 Å². The van der Waals surface area contributed by atoms with Crippen LogP contribution in [0.1, 0.15) is 6.42 Å². The Kier molecular flexibility index (Phi) is 4.49. The summed E-state index contributed by atoms with van der Waals surface area (Å²) in [7, 11) is 0. The summed E-state index contributed by atoms with van der Waals surface area (Å²) in [4.78, 5) is 37.2. The van der Waals surface area contributed by atoms with Crippen LogP contribution < -0.4 is 10.2 Å². The minimum absolute atomic E-state index is 0.0994. The van der Waals surface area contributed by atoms with Crippen LogP contribution in [0.2, 0.25) is 0 Å². The van der Waals surface area contributed by atoms with Gasteiger partial charge in [-0.25, -0.2) is 0 Å². The molecule has 0 unspecified atom stereocenters. The van der Waals surface area contributed by atoms with Crippen molar-refractivity contribution < 1.29 is 14.5 Å². The Morgan fingerprint density at radius 1 is 1.07 bits per heavy atom. The van der Waals surface area contributed by atoms with Gasteiger partial charge in [0, 0.05) is 36.2 Å². The first-order chi connectivity index (χ1) is 13.5. The van der Waals surface area contributed by atoms with E-state index in [1.54, 1.807) is 11.0 Å². The van der Waals surface area contributed by atoms with Crippen LogP contribution in [0.5, 0.6) is 0 Å². The maximum atomic E-state index is 12.6. The number of benzene rings is 3. The van der Waals surface area contributed by atoms with E-state index in [0.717, 1.165) is 16.5 Å². The standard InChI is InChI=1S/C21H17N3O4/c25-20-11-15(21(26)22-16-7-4-8-17(12-16)24(27)28)13-23(20)19-10-3-6-14-5-1-2-9-18(14)19/h1-10,12,15H,11,13H2,(H,22,26)/t15-/m1/s1. The van der Waals surface area contributed by atoms with Crippen molar-refractivity contribution in [1.82, 2.24) is 0 Å². The molecule has 0 aromatic heterocycles. The van der Waals surface area contributed by atoms with E-state index < -0.39 is 10.8 Å². The minimum Gasteiger partial charge on any atom is -0.326 e. The van der Waals surface area contributed by atoms with Gasteiger partial charge in [0.25, 0.3) is 5.69 Å². The zero-order chi connectivity index (χ0) is 19.7. The van der Waals surface area contributed by atoms with Gasteiger partial charge in [0.05, 0.1) is 16.5 Å². The Morgan fingerprint density at radius 2 is 1.82 bits per heavy atom. The lowest BCUT2D eigenvalue weighted by atomic mass is 10.1. The first kappa shape index (κ1) is 17.7. The van der Waals surface area contributed by atoms with Gasteiger partial charge in [-0.3, -0.25) is 19.7 Å². The molecule has 1 atom stereocenters. The fourth-order valence-corrected chi connectivity index (χ4v) is 3.50. The van der Waals surface area contributed by atoms with Crippen LogP contribution in [-0.2, 0) is 9.59 Å². The molecule has 3 aromatic carbocycles. The van der Waals surface area contributed by atoms with Crippen LogP contribution >= 0.6 is 0 Å². The molecule has 28 heavy (non-hydrogen) atoms. The molecule has 0 radical (unpaired) electrons. The molecular weight excluding hydrogens is 358 g/mol. The third kappa shape index (κ3) is 3.29. The van der Waals surface area contributed by atoms with Crippen molar-refractivity contribution in [2.24, 2.45) is 5.92 Å². The average Bonchev–Trinajstić information content (AvgIpc) is 3.09. The second kappa shape index (κ2) is 7.11. The molecule has 1 aliphatic rings. The Hall–Kier alpha value is -3.74. The molecule has 0 spiro atoms. The Balaban J connectivity index is 1.54. The van der Waals surface area contributed by atoms with Crippen molar-refractivity contribution in [3.63, 3.8) is 0 Å². The lowest BCUT2D eigenvalue weighted by molar-refractivity contribution is -0.384. The summed E-state index contributed by atoms with van der Waals surface area (Å²) in [6, 6.07) is 19.3.